The van der Waals surface area contributed by atoms with Crippen molar-refractivity contribution in [3.63, 3.8) is 0 Å². The van der Waals surface area contributed by atoms with Gasteiger partial charge in [-0.05, 0) is 48.5 Å². The van der Waals surface area contributed by atoms with E-state index in [4.69, 9.17) is 9.72 Å². The third kappa shape index (κ3) is 5.59. The maximum absolute atomic E-state index is 13.1. The fourth-order valence-electron chi connectivity index (χ4n) is 5.02. The third-order valence-corrected chi connectivity index (χ3v) is 8.30. The van der Waals surface area contributed by atoms with E-state index >= 15 is 0 Å². The Morgan fingerprint density at radius 1 is 0.878 bits per heavy atom. The number of halogens is 3. The summed E-state index contributed by atoms with van der Waals surface area (Å²) in [6.45, 7) is 4.07. The van der Waals surface area contributed by atoms with E-state index in [2.05, 4.69) is 24.8 Å². The summed E-state index contributed by atoms with van der Waals surface area (Å²) in [6.07, 6.45) is -3.37. The van der Waals surface area contributed by atoms with Crippen molar-refractivity contribution in [3.05, 3.63) is 66.5 Å². The molecule has 0 unspecified atom stereocenters. The Morgan fingerprint density at radius 2 is 1.56 bits per heavy atom. The quantitative estimate of drug-likeness (QED) is 0.285. The molecule has 13 heteroatoms. The number of nitrogens with one attached hydrogen (secondary N) is 2. The average molecular weight is 585 g/mol. The largest absolute Gasteiger partial charge is 0.490 e. The number of hydrogen-bond donors (Lipinski definition) is 2. The summed E-state index contributed by atoms with van der Waals surface area (Å²) in [5.74, 6) is -0.0546. The normalized spacial score (nSPS) is 15.2. The van der Waals surface area contributed by atoms with Crippen molar-refractivity contribution in [2.24, 2.45) is 0 Å². The van der Waals surface area contributed by atoms with E-state index in [9.17, 15) is 21.6 Å². The highest BCUT2D eigenvalue weighted by atomic mass is 32.2. The van der Waals surface area contributed by atoms with Gasteiger partial charge in [-0.15, -0.1) is 0 Å². The van der Waals surface area contributed by atoms with Gasteiger partial charge in [0.2, 0.25) is 5.82 Å². The summed E-state index contributed by atoms with van der Waals surface area (Å²) in [6, 6.07) is 17.4. The number of para-hydroxylation sites is 2. The predicted molar refractivity (Wildman–Crippen MR) is 150 cm³/mol. The van der Waals surface area contributed by atoms with Gasteiger partial charge >= 0.3 is 6.18 Å². The predicted octanol–water partition coefficient (Wildman–Crippen LogP) is 4.73. The first-order chi connectivity index (χ1) is 19.6. The van der Waals surface area contributed by atoms with Crippen LogP contribution >= 0.6 is 0 Å². The third-order valence-electron chi connectivity index (χ3n) is 7.17. The lowest BCUT2D eigenvalue weighted by Gasteiger charge is -2.36. The van der Waals surface area contributed by atoms with Gasteiger partial charge < -0.3 is 19.6 Å². The number of nitrogens with zero attached hydrogens (tertiary/aromatic N) is 4. The minimum absolute atomic E-state index is 0.169. The van der Waals surface area contributed by atoms with Crippen LogP contribution in [0.1, 0.15) is 5.82 Å². The monoisotopic (exact) mass is 584 g/mol. The average Bonchev–Trinajstić information content (AvgIpc) is 3.59. The van der Waals surface area contributed by atoms with Crippen LogP contribution in [0, 0.1) is 0 Å². The molecular formula is C28H27F3N6O3S. The lowest BCUT2D eigenvalue weighted by molar-refractivity contribution is -0.144. The van der Waals surface area contributed by atoms with Crippen LogP contribution in [0.2, 0.25) is 0 Å². The van der Waals surface area contributed by atoms with Crippen LogP contribution in [0.3, 0.4) is 0 Å². The Kier molecular flexibility index (Phi) is 6.86. The van der Waals surface area contributed by atoms with Gasteiger partial charge in [-0.25, -0.2) is 18.4 Å². The van der Waals surface area contributed by atoms with Gasteiger partial charge in [0.25, 0.3) is 0 Å². The van der Waals surface area contributed by atoms with Gasteiger partial charge in [-0.1, -0.05) is 12.1 Å². The first kappa shape index (κ1) is 27.1. The highest BCUT2D eigenvalue weighted by Gasteiger charge is 2.35. The van der Waals surface area contributed by atoms with Crippen molar-refractivity contribution in [3.8, 4) is 17.1 Å². The minimum atomic E-state index is -4.55. The lowest BCUT2D eigenvalue weighted by Crippen LogP contribution is -2.47. The molecule has 1 aliphatic rings. The van der Waals surface area contributed by atoms with E-state index in [0.717, 1.165) is 48.5 Å². The number of piperazine rings is 1. The summed E-state index contributed by atoms with van der Waals surface area (Å²) in [5, 5.41) is 0. The van der Waals surface area contributed by atoms with E-state index < -0.39 is 21.8 Å². The van der Waals surface area contributed by atoms with E-state index in [1.54, 1.807) is 42.5 Å². The zero-order valence-electron chi connectivity index (χ0n) is 22.1. The molecule has 3 heterocycles. The van der Waals surface area contributed by atoms with Gasteiger partial charge in [-0.2, -0.15) is 13.2 Å². The number of imidazole rings is 2. The van der Waals surface area contributed by atoms with Crippen LogP contribution in [0.4, 0.5) is 18.9 Å². The van der Waals surface area contributed by atoms with Crippen molar-refractivity contribution in [1.29, 1.82) is 0 Å². The second-order valence-electron chi connectivity index (χ2n) is 9.97. The Balaban J connectivity index is 1.09. The van der Waals surface area contributed by atoms with Gasteiger partial charge in [0.05, 0.1) is 21.6 Å². The first-order valence-corrected chi connectivity index (χ1v) is 14.9. The smallest absolute Gasteiger partial charge is 0.449 e. The Labute approximate surface area is 233 Å². The summed E-state index contributed by atoms with van der Waals surface area (Å²) < 4.78 is 68.6. The van der Waals surface area contributed by atoms with Crippen molar-refractivity contribution in [1.82, 2.24) is 24.8 Å². The zero-order valence-corrected chi connectivity index (χ0v) is 22.9. The minimum Gasteiger partial charge on any atom is -0.490 e. The van der Waals surface area contributed by atoms with Gasteiger partial charge in [0.15, 0.2) is 9.84 Å². The SMILES string of the molecule is CS(=O)(=O)c1ccc(-c2nc3c(N4CCN(CCOc5cccc6[nH]c(C(F)(F)F)nc56)CC4)cccc3[nH]2)cc1. The molecule has 0 spiro atoms. The number of rotatable bonds is 7. The van der Waals surface area contributed by atoms with Crippen molar-refractivity contribution in [2.45, 2.75) is 11.1 Å². The van der Waals surface area contributed by atoms with Crippen molar-refractivity contribution < 1.29 is 26.3 Å². The molecule has 1 aliphatic heterocycles. The van der Waals surface area contributed by atoms with E-state index in [1.165, 1.54) is 6.26 Å². The molecule has 0 bridgehead atoms. The highest BCUT2D eigenvalue weighted by molar-refractivity contribution is 7.90. The second-order valence-corrected chi connectivity index (χ2v) is 12.0. The number of alkyl halides is 3. The fraction of sp³-hybridized carbons (Fsp3) is 0.286. The lowest BCUT2D eigenvalue weighted by atomic mass is 10.2. The van der Waals surface area contributed by atoms with Gasteiger partial charge in [0, 0.05) is 44.5 Å². The molecule has 41 heavy (non-hydrogen) atoms. The first-order valence-electron chi connectivity index (χ1n) is 13.0. The summed E-state index contributed by atoms with van der Waals surface area (Å²) >= 11 is 0. The van der Waals surface area contributed by atoms with Crippen molar-refractivity contribution >= 4 is 37.6 Å². The molecule has 6 rings (SSSR count). The molecule has 0 amide bonds. The summed E-state index contributed by atoms with van der Waals surface area (Å²) in [7, 11) is -3.28. The van der Waals surface area contributed by atoms with Crippen molar-refractivity contribution in [2.75, 3.05) is 50.5 Å². The Bertz CT molecular complexity index is 1810. The maximum Gasteiger partial charge on any atom is 0.449 e. The number of benzene rings is 3. The van der Waals surface area contributed by atoms with E-state index in [0.29, 0.717) is 24.7 Å². The molecule has 1 fully saturated rings. The number of fused-ring (bicyclic) bond motifs is 2. The maximum atomic E-state index is 13.1. The van der Waals surface area contributed by atoms with Crippen LogP contribution in [0.15, 0.2) is 65.6 Å². The van der Waals surface area contributed by atoms with Gasteiger partial charge in [0.1, 0.15) is 29.2 Å². The van der Waals surface area contributed by atoms with Gasteiger partial charge in [-0.3, -0.25) is 4.90 Å². The van der Waals surface area contributed by atoms with E-state index in [-0.39, 0.29) is 15.9 Å². The van der Waals surface area contributed by atoms with Crippen LogP contribution in [0.25, 0.3) is 33.5 Å². The number of H-pyrrole nitrogens is 2. The molecule has 9 nitrogen and oxygen atoms in total. The number of ether oxygens (including phenoxy) is 1. The molecule has 2 aromatic heterocycles. The molecular weight excluding hydrogens is 557 g/mol. The number of aromatic nitrogens is 4. The molecule has 0 aliphatic carbocycles. The topological polar surface area (TPSA) is 107 Å². The number of anilines is 1. The molecule has 3 aromatic carbocycles. The molecule has 214 valence electrons. The van der Waals surface area contributed by atoms with E-state index in [1.807, 2.05) is 18.2 Å². The fourth-order valence-corrected chi connectivity index (χ4v) is 5.65. The molecule has 0 radical (unpaired) electrons. The van der Waals surface area contributed by atoms with Crippen LogP contribution < -0.4 is 9.64 Å². The molecule has 2 N–H and O–H groups in total. The number of aromatic amines is 2. The highest BCUT2D eigenvalue weighted by Crippen LogP contribution is 2.32. The number of sulfone groups is 1. The van der Waals surface area contributed by atoms with Crippen LogP contribution in [0.5, 0.6) is 5.75 Å². The molecule has 1 saturated heterocycles. The summed E-state index contributed by atoms with van der Waals surface area (Å²) in [4.78, 5) is 19.0. The number of hydrogen-bond acceptors (Lipinski definition) is 7. The second kappa shape index (κ2) is 10.4. The molecule has 0 atom stereocenters. The van der Waals surface area contributed by atoms with Crippen LogP contribution in [-0.2, 0) is 16.0 Å². The molecule has 5 aromatic rings. The Hall–Kier alpha value is -4.10. The molecule has 0 saturated carbocycles. The van der Waals surface area contributed by atoms with Crippen LogP contribution in [-0.4, -0.2) is 78.8 Å². The Morgan fingerprint density at radius 3 is 2.24 bits per heavy atom. The zero-order chi connectivity index (χ0) is 28.8. The summed E-state index contributed by atoms with van der Waals surface area (Å²) in [5.41, 5.74) is 4.00. The standard InChI is InChI=1S/C28H27F3N6O3S/c1-41(38,39)19-10-8-18(9-11-19)26-32-20-4-2-6-22(24(20)34-26)37-14-12-36(13-15-37)16-17-40-23-7-3-5-21-25(23)35-27(33-21)28(29,30)31/h2-11H,12-17H2,1H3,(H,32,34)(H,33,35).